The third kappa shape index (κ3) is 7.04. The molecule has 3 N–H and O–H groups in total. The summed E-state index contributed by atoms with van der Waals surface area (Å²) in [4.78, 5) is 25.0. The zero-order valence-corrected chi connectivity index (χ0v) is 18.6. The number of amides is 2. The second-order valence-electron chi connectivity index (χ2n) is 6.99. The first-order chi connectivity index (χ1) is 14.9. The molecule has 0 radical (unpaired) electrons. The standard InChI is InChI=1S/C21H22FN5O2S2/c1-13(2)11-23-20-26-27-21(31-20)30-12-18(28)25-17-6-4-3-5-16(17)19(29)24-15-9-7-14(22)8-10-15/h3-10,13H,11-12H2,1-2H3,(H,23,26)(H,24,29)(H,25,28). The topological polar surface area (TPSA) is 96.0 Å². The molecule has 0 aliphatic rings. The van der Waals surface area contributed by atoms with Gasteiger partial charge >= 0.3 is 0 Å². The van der Waals surface area contributed by atoms with E-state index in [2.05, 4.69) is 40.0 Å². The number of nitrogens with zero attached hydrogens (tertiary/aromatic N) is 2. The van der Waals surface area contributed by atoms with E-state index in [4.69, 9.17) is 0 Å². The zero-order valence-electron chi connectivity index (χ0n) is 17.0. The van der Waals surface area contributed by atoms with Crippen molar-refractivity contribution in [3.05, 3.63) is 59.9 Å². The molecule has 0 aliphatic carbocycles. The zero-order chi connectivity index (χ0) is 22.2. The van der Waals surface area contributed by atoms with Gasteiger partial charge in [0, 0.05) is 12.2 Å². The van der Waals surface area contributed by atoms with Crippen LogP contribution in [0.2, 0.25) is 0 Å². The molecular weight excluding hydrogens is 437 g/mol. The van der Waals surface area contributed by atoms with Crippen molar-refractivity contribution in [2.45, 2.75) is 18.2 Å². The lowest BCUT2D eigenvalue weighted by atomic mass is 10.1. The van der Waals surface area contributed by atoms with Crippen LogP contribution in [0.5, 0.6) is 0 Å². The molecule has 2 aromatic carbocycles. The Hall–Kier alpha value is -2.98. The number of carbonyl (C=O) groups excluding carboxylic acids is 2. The van der Waals surface area contributed by atoms with Crippen molar-refractivity contribution >= 4 is 51.4 Å². The second kappa shape index (κ2) is 10.9. The van der Waals surface area contributed by atoms with E-state index in [9.17, 15) is 14.0 Å². The molecule has 0 saturated heterocycles. The van der Waals surface area contributed by atoms with E-state index in [1.165, 1.54) is 47.4 Å². The number of benzene rings is 2. The summed E-state index contributed by atoms with van der Waals surface area (Å²) in [5, 5.41) is 17.5. The Kier molecular flexibility index (Phi) is 7.96. The number of hydrogen-bond acceptors (Lipinski definition) is 7. The molecule has 3 rings (SSSR count). The average molecular weight is 460 g/mol. The van der Waals surface area contributed by atoms with Crippen molar-refractivity contribution in [2.75, 3.05) is 28.2 Å². The van der Waals surface area contributed by atoms with E-state index in [1.54, 1.807) is 24.3 Å². The second-order valence-corrected chi connectivity index (χ2v) is 9.19. The molecule has 0 bridgehead atoms. The molecule has 0 unspecified atom stereocenters. The van der Waals surface area contributed by atoms with Gasteiger partial charge in [-0.1, -0.05) is 49.1 Å². The fourth-order valence-electron chi connectivity index (χ4n) is 2.47. The predicted octanol–water partition coefficient (Wildman–Crippen LogP) is 4.73. The van der Waals surface area contributed by atoms with Crippen LogP contribution in [-0.2, 0) is 4.79 Å². The van der Waals surface area contributed by atoms with Gasteiger partial charge in [0.2, 0.25) is 11.0 Å². The van der Waals surface area contributed by atoms with Gasteiger partial charge in [0.15, 0.2) is 4.34 Å². The lowest BCUT2D eigenvalue weighted by molar-refractivity contribution is -0.113. The fraction of sp³-hybridized carbons (Fsp3) is 0.238. The maximum atomic E-state index is 13.0. The molecule has 0 fully saturated rings. The van der Waals surface area contributed by atoms with Crippen LogP contribution in [0.25, 0.3) is 0 Å². The third-order valence-corrected chi connectivity index (χ3v) is 5.96. The van der Waals surface area contributed by atoms with Crippen LogP contribution >= 0.6 is 23.1 Å². The lowest BCUT2D eigenvalue weighted by Gasteiger charge is -2.11. The monoisotopic (exact) mass is 459 g/mol. The van der Waals surface area contributed by atoms with E-state index < -0.39 is 5.91 Å². The van der Waals surface area contributed by atoms with Crippen molar-refractivity contribution in [3.8, 4) is 0 Å². The van der Waals surface area contributed by atoms with Crippen molar-refractivity contribution in [3.63, 3.8) is 0 Å². The quantitative estimate of drug-likeness (QED) is 0.401. The highest BCUT2D eigenvalue weighted by atomic mass is 32.2. The smallest absolute Gasteiger partial charge is 0.257 e. The largest absolute Gasteiger partial charge is 0.360 e. The van der Waals surface area contributed by atoms with Gasteiger partial charge < -0.3 is 16.0 Å². The molecular formula is C21H22FN5O2S2. The molecule has 0 atom stereocenters. The van der Waals surface area contributed by atoms with Crippen LogP contribution in [0.3, 0.4) is 0 Å². The molecule has 3 aromatic rings. The molecule has 31 heavy (non-hydrogen) atoms. The molecule has 1 aromatic heterocycles. The highest BCUT2D eigenvalue weighted by molar-refractivity contribution is 8.01. The van der Waals surface area contributed by atoms with Gasteiger partial charge in [-0.3, -0.25) is 9.59 Å². The summed E-state index contributed by atoms with van der Waals surface area (Å²) in [7, 11) is 0. The fourth-order valence-corrected chi connectivity index (χ4v) is 4.03. The van der Waals surface area contributed by atoms with Crippen molar-refractivity contribution in [1.29, 1.82) is 0 Å². The molecule has 162 valence electrons. The Morgan fingerprint density at radius 1 is 1.06 bits per heavy atom. The number of para-hydroxylation sites is 1. The van der Waals surface area contributed by atoms with Crippen LogP contribution in [-0.4, -0.2) is 34.3 Å². The molecule has 10 heteroatoms. The number of hydrogen-bond donors (Lipinski definition) is 3. The Labute approximate surface area is 187 Å². The Bertz CT molecular complexity index is 1040. The highest BCUT2D eigenvalue weighted by Crippen LogP contribution is 2.26. The first kappa shape index (κ1) is 22.7. The van der Waals surface area contributed by atoms with Crippen LogP contribution in [0.15, 0.2) is 52.9 Å². The lowest BCUT2D eigenvalue weighted by Crippen LogP contribution is -2.19. The Morgan fingerprint density at radius 2 is 1.81 bits per heavy atom. The average Bonchev–Trinajstić information content (AvgIpc) is 3.21. The SMILES string of the molecule is CC(C)CNc1nnc(SCC(=O)Nc2ccccc2C(=O)Nc2ccc(F)cc2)s1. The summed E-state index contributed by atoms with van der Waals surface area (Å²) in [6.45, 7) is 5.01. The summed E-state index contributed by atoms with van der Waals surface area (Å²) < 4.78 is 13.7. The normalized spacial score (nSPS) is 10.7. The van der Waals surface area contributed by atoms with Crippen molar-refractivity contribution < 1.29 is 14.0 Å². The minimum Gasteiger partial charge on any atom is -0.360 e. The highest BCUT2D eigenvalue weighted by Gasteiger charge is 2.14. The van der Waals surface area contributed by atoms with Crippen molar-refractivity contribution in [2.24, 2.45) is 5.92 Å². The summed E-state index contributed by atoms with van der Waals surface area (Å²) in [5.41, 5.74) is 1.16. The summed E-state index contributed by atoms with van der Waals surface area (Å²) >= 11 is 2.67. The summed E-state index contributed by atoms with van der Waals surface area (Å²) in [6.07, 6.45) is 0. The van der Waals surface area contributed by atoms with Crippen molar-refractivity contribution in [1.82, 2.24) is 10.2 Å². The number of aromatic nitrogens is 2. The minimum absolute atomic E-state index is 0.132. The van der Waals surface area contributed by atoms with Crippen LogP contribution in [0.4, 0.5) is 20.9 Å². The maximum absolute atomic E-state index is 13.0. The van der Waals surface area contributed by atoms with E-state index >= 15 is 0 Å². The first-order valence-corrected chi connectivity index (χ1v) is 11.4. The van der Waals surface area contributed by atoms with Gasteiger partial charge in [-0.2, -0.15) is 0 Å². The van der Waals surface area contributed by atoms with Gasteiger partial charge in [0.05, 0.1) is 17.0 Å². The first-order valence-electron chi connectivity index (χ1n) is 9.56. The number of halogens is 1. The van der Waals surface area contributed by atoms with Gasteiger partial charge in [-0.15, -0.1) is 10.2 Å². The van der Waals surface area contributed by atoms with Gasteiger partial charge in [-0.25, -0.2) is 4.39 Å². The maximum Gasteiger partial charge on any atom is 0.257 e. The number of anilines is 3. The van der Waals surface area contributed by atoms with E-state index in [0.717, 1.165) is 11.7 Å². The molecule has 0 spiro atoms. The number of nitrogens with one attached hydrogen (secondary N) is 3. The number of rotatable bonds is 9. The van der Waals surface area contributed by atoms with Gasteiger partial charge in [0.25, 0.3) is 5.91 Å². The molecule has 0 aliphatic heterocycles. The Morgan fingerprint density at radius 3 is 2.55 bits per heavy atom. The number of thioether (sulfide) groups is 1. The Balaban J connectivity index is 1.56. The summed E-state index contributed by atoms with van der Waals surface area (Å²) in [6, 6.07) is 12.2. The van der Waals surface area contributed by atoms with Gasteiger partial charge in [-0.05, 0) is 42.3 Å². The minimum atomic E-state index is -0.403. The predicted molar refractivity (Wildman–Crippen MR) is 123 cm³/mol. The van der Waals surface area contributed by atoms with Gasteiger partial charge in [0.1, 0.15) is 5.82 Å². The third-order valence-electron chi connectivity index (χ3n) is 3.94. The van der Waals surface area contributed by atoms with Crippen LogP contribution in [0.1, 0.15) is 24.2 Å². The van der Waals surface area contributed by atoms with Crippen LogP contribution in [0, 0.1) is 11.7 Å². The molecule has 0 saturated carbocycles. The summed E-state index contributed by atoms with van der Waals surface area (Å²) in [5.74, 6) is -0.432. The van der Waals surface area contributed by atoms with E-state index in [-0.39, 0.29) is 17.5 Å². The molecule has 7 nitrogen and oxygen atoms in total. The molecule has 1 heterocycles. The van der Waals surface area contributed by atoms with Crippen LogP contribution < -0.4 is 16.0 Å². The molecule has 2 amide bonds. The number of carbonyl (C=O) groups is 2. The van der Waals surface area contributed by atoms with E-state index in [1.807, 2.05) is 0 Å². The van der Waals surface area contributed by atoms with E-state index in [0.29, 0.717) is 27.2 Å².